The van der Waals surface area contributed by atoms with E-state index in [-0.39, 0.29) is 11.8 Å². The molecule has 6 nitrogen and oxygen atoms in total. The molecule has 0 aliphatic carbocycles. The molecule has 0 spiro atoms. The van der Waals surface area contributed by atoms with Gasteiger partial charge < -0.3 is 15.8 Å². The van der Waals surface area contributed by atoms with E-state index in [4.69, 9.17) is 20.4 Å². The number of hydrogen-bond acceptors (Lipinski definition) is 6. The lowest BCUT2D eigenvalue weighted by Gasteiger charge is -2.23. The number of amidine groups is 1. The van der Waals surface area contributed by atoms with Gasteiger partial charge in [0, 0.05) is 52.3 Å². The molecule has 40 heavy (non-hydrogen) atoms. The van der Waals surface area contributed by atoms with E-state index in [0.717, 1.165) is 57.6 Å². The van der Waals surface area contributed by atoms with E-state index in [2.05, 4.69) is 44.1 Å². The Morgan fingerprint density at radius 1 is 1.15 bits per heavy atom. The second-order valence-corrected chi connectivity index (χ2v) is 10.8. The average Bonchev–Trinajstić information content (AvgIpc) is 2.97. The van der Waals surface area contributed by atoms with E-state index < -0.39 is 0 Å². The zero-order valence-corrected chi connectivity index (χ0v) is 25.5. The highest BCUT2D eigenvalue weighted by Gasteiger charge is 2.18. The fourth-order valence-electron chi connectivity index (χ4n) is 4.22. The van der Waals surface area contributed by atoms with Crippen LogP contribution in [0.3, 0.4) is 0 Å². The Morgan fingerprint density at radius 2 is 1.93 bits per heavy atom. The summed E-state index contributed by atoms with van der Waals surface area (Å²) in [6.45, 7) is 13.2. The highest BCUT2D eigenvalue weighted by atomic mass is 32.2. The van der Waals surface area contributed by atoms with Crippen molar-refractivity contribution in [3.8, 4) is 11.5 Å². The topological polar surface area (TPSA) is 85.4 Å². The summed E-state index contributed by atoms with van der Waals surface area (Å²) in [5, 5.41) is 3.63. The van der Waals surface area contributed by atoms with Crippen LogP contribution >= 0.6 is 11.8 Å². The molecule has 0 amide bonds. The molecule has 7 heteroatoms. The second kappa shape index (κ2) is 16.0. The van der Waals surface area contributed by atoms with E-state index in [1.807, 2.05) is 80.9 Å². The molecular formula is C33H43N5OS. The Kier molecular flexibility index (Phi) is 12.4. The van der Waals surface area contributed by atoms with Gasteiger partial charge in [0.05, 0.1) is 5.69 Å². The predicted octanol–water partition coefficient (Wildman–Crippen LogP) is 8.71. The van der Waals surface area contributed by atoms with Crippen LogP contribution in [-0.4, -0.2) is 22.3 Å². The molecule has 2 aromatic heterocycles. The Morgan fingerprint density at radius 3 is 2.58 bits per heavy atom. The van der Waals surface area contributed by atoms with E-state index in [1.54, 1.807) is 11.8 Å². The van der Waals surface area contributed by atoms with Gasteiger partial charge in [0.15, 0.2) is 11.6 Å². The number of hydrogen-bond donors (Lipinski definition) is 2. The first-order chi connectivity index (χ1) is 19.4. The zero-order valence-electron chi connectivity index (χ0n) is 24.6. The van der Waals surface area contributed by atoms with E-state index in [0.29, 0.717) is 18.1 Å². The molecule has 0 bridgehead atoms. The van der Waals surface area contributed by atoms with Crippen LogP contribution in [0.25, 0.3) is 6.08 Å². The molecule has 3 rings (SSSR count). The third-order valence-electron chi connectivity index (χ3n) is 6.77. The molecule has 2 unspecified atom stereocenters. The van der Waals surface area contributed by atoms with Crippen molar-refractivity contribution in [2.75, 3.05) is 6.54 Å². The van der Waals surface area contributed by atoms with Crippen molar-refractivity contribution in [3.05, 3.63) is 84.0 Å². The minimum absolute atomic E-state index is 0.194. The highest BCUT2D eigenvalue weighted by Crippen LogP contribution is 2.38. The molecule has 0 saturated carbocycles. The van der Waals surface area contributed by atoms with Crippen molar-refractivity contribution in [1.82, 2.24) is 15.3 Å². The standard InChI is InChI=1S/C33H43N5OS/c1-7-14-25(21-34)28(10-4)37-32(23(5)9-3)38-33-30(39-26-16-12-11-13-17-26)20-27(22-36-33)40-31-18-19-35-29(15-8-2)24(31)6/h8,10-13,15-20,22-23,25H,7,9,14,21,34H2,1-6H3,(H,36,37,38)/b15-8-,28-10-. The maximum absolute atomic E-state index is 6.36. The number of pyridine rings is 2. The van der Waals surface area contributed by atoms with Crippen molar-refractivity contribution in [3.63, 3.8) is 0 Å². The normalized spacial score (nSPS) is 13.9. The van der Waals surface area contributed by atoms with Crippen LogP contribution in [-0.2, 0) is 0 Å². The summed E-state index contributed by atoms with van der Waals surface area (Å²) in [4.78, 5) is 16.4. The molecule has 2 atom stereocenters. The minimum Gasteiger partial charge on any atom is -0.453 e. The fraction of sp³-hybridized carbons (Fsp3) is 0.364. The second-order valence-electron chi connectivity index (χ2n) is 9.73. The third-order valence-corrected chi connectivity index (χ3v) is 7.90. The minimum atomic E-state index is 0.194. The monoisotopic (exact) mass is 557 g/mol. The average molecular weight is 558 g/mol. The number of aromatic nitrogens is 2. The van der Waals surface area contributed by atoms with E-state index >= 15 is 0 Å². The SMILES string of the molecule is C/C=C\c1nccc(Sc2cnc(/N=C(/N/C(=C\C)C(CN)CCC)C(C)CC)c(Oc3ccccc3)c2)c1C. The summed E-state index contributed by atoms with van der Waals surface area (Å²) in [5.74, 6) is 3.18. The molecule has 0 aliphatic rings. The van der Waals surface area contributed by atoms with Crippen LogP contribution in [0.2, 0.25) is 0 Å². The number of nitrogens with zero attached hydrogens (tertiary/aromatic N) is 3. The van der Waals surface area contributed by atoms with Crippen LogP contribution in [0, 0.1) is 18.8 Å². The van der Waals surface area contributed by atoms with Crippen LogP contribution in [0.15, 0.2) is 87.5 Å². The number of allylic oxidation sites excluding steroid dienone is 2. The summed E-state index contributed by atoms with van der Waals surface area (Å²) in [6.07, 6.45) is 12.9. The van der Waals surface area contributed by atoms with E-state index in [9.17, 15) is 0 Å². The molecule has 1 aromatic carbocycles. The van der Waals surface area contributed by atoms with Gasteiger partial charge in [-0.2, -0.15) is 0 Å². The van der Waals surface area contributed by atoms with Crippen LogP contribution < -0.4 is 15.8 Å². The quantitative estimate of drug-likeness (QED) is 0.161. The van der Waals surface area contributed by atoms with Crippen molar-refractivity contribution >= 4 is 29.5 Å². The van der Waals surface area contributed by atoms with Gasteiger partial charge in [0.2, 0.25) is 0 Å². The molecule has 0 radical (unpaired) electrons. The maximum Gasteiger partial charge on any atom is 0.197 e. The van der Waals surface area contributed by atoms with Crippen LogP contribution in [0.5, 0.6) is 11.5 Å². The molecule has 0 aliphatic heterocycles. The van der Waals surface area contributed by atoms with Gasteiger partial charge in [-0.15, -0.1) is 0 Å². The number of rotatable bonds is 13. The smallest absolute Gasteiger partial charge is 0.197 e. The molecule has 212 valence electrons. The molecular weight excluding hydrogens is 514 g/mol. The van der Waals surface area contributed by atoms with Crippen molar-refractivity contribution in [2.45, 2.75) is 70.6 Å². The van der Waals surface area contributed by atoms with Crippen molar-refractivity contribution in [1.29, 1.82) is 0 Å². The number of para-hydroxylation sites is 1. The van der Waals surface area contributed by atoms with Crippen molar-refractivity contribution in [2.24, 2.45) is 22.6 Å². The zero-order chi connectivity index (χ0) is 28.9. The Labute approximate surface area is 244 Å². The Balaban J connectivity index is 2.04. The first kappa shape index (κ1) is 31.1. The van der Waals surface area contributed by atoms with Gasteiger partial charge in [-0.3, -0.25) is 4.98 Å². The van der Waals surface area contributed by atoms with Gasteiger partial charge in [0.25, 0.3) is 0 Å². The van der Waals surface area contributed by atoms with Gasteiger partial charge in [0.1, 0.15) is 11.6 Å². The molecule has 0 saturated heterocycles. The Hall–Kier alpha value is -3.42. The number of ether oxygens (including phenoxy) is 1. The van der Waals surface area contributed by atoms with Crippen molar-refractivity contribution < 1.29 is 4.74 Å². The van der Waals surface area contributed by atoms with Crippen LogP contribution in [0.1, 0.15) is 65.1 Å². The third kappa shape index (κ3) is 8.54. The predicted molar refractivity (Wildman–Crippen MR) is 169 cm³/mol. The first-order valence-electron chi connectivity index (χ1n) is 14.1. The molecule has 2 heterocycles. The molecule has 0 fully saturated rings. The first-order valence-corrected chi connectivity index (χ1v) is 15.0. The lowest BCUT2D eigenvalue weighted by atomic mass is 9.98. The Bertz CT molecular complexity index is 1320. The molecule has 3 N–H and O–H groups in total. The maximum atomic E-state index is 6.36. The number of aliphatic imine (C=N–C) groups is 1. The van der Waals surface area contributed by atoms with Gasteiger partial charge in [-0.1, -0.05) is 69.3 Å². The summed E-state index contributed by atoms with van der Waals surface area (Å²) in [5.41, 5.74) is 9.33. The van der Waals surface area contributed by atoms with E-state index in [1.165, 1.54) is 0 Å². The highest BCUT2D eigenvalue weighted by molar-refractivity contribution is 7.99. The number of nitrogens with two attached hydrogens (primary N) is 1. The number of nitrogens with one attached hydrogen (secondary N) is 1. The summed E-state index contributed by atoms with van der Waals surface area (Å²) < 4.78 is 6.36. The summed E-state index contributed by atoms with van der Waals surface area (Å²) >= 11 is 1.64. The lowest BCUT2D eigenvalue weighted by Crippen LogP contribution is -2.34. The molecule has 3 aromatic rings. The van der Waals surface area contributed by atoms with Gasteiger partial charge in [-0.25, -0.2) is 9.98 Å². The fourth-order valence-corrected chi connectivity index (χ4v) is 5.13. The summed E-state index contributed by atoms with van der Waals surface area (Å²) in [7, 11) is 0. The van der Waals surface area contributed by atoms with Gasteiger partial charge in [-0.05, 0) is 63.5 Å². The largest absolute Gasteiger partial charge is 0.453 e. The summed E-state index contributed by atoms with van der Waals surface area (Å²) in [6, 6.07) is 13.8. The lowest BCUT2D eigenvalue weighted by molar-refractivity contribution is 0.480. The van der Waals surface area contributed by atoms with Crippen LogP contribution in [0.4, 0.5) is 5.82 Å². The van der Waals surface area contributed by atoms with Gasteiger partial charge >= 0.3 is 0 Å². The number of benzene rings is 1.